The van der Waals surface area contributed by atoms with Crippen LogP contribution in [0.4, 0.5) is 0 Å². The third-order valence-electron chi connectivity index (χ3n) is 5.07. The van der Waals surface area contributed by atoms with Gasteiger partial charge in [-0.2, -0.15) is 0 Å². The Balaban J connectivity index is 1.63. The molecule has 2 atom stereocenters. The number of hydrogen-bond donors (Lipinski definition) is 2. The Morgan fingerprint density at radius 1 is 1.29 bits per heavy atom. The second kappa shape index (κ2) is 7.42. The summed E-state index contributed by atoms with van der Waals surface area (Å²) in [6, 6.07) is 9.90. The normalized spacial score (nSPS) is 25.0. The summed E-state index contributed by atoms with van der Waals surface area (Å²) in [5.74, 6) is 0. The van der Waals surface area contributed by atoms with E-state index in [9.17, 15) is 10.2 Å². The second-order valence-corrected chi connectivity index (χ2v) is 6.76. The van der Waals surface area contributed by atoms with Crippen LogP contribution < -0.4 is 0 Å². The van der Waals surface area contributed by atoms with Crippen molar-refractivity contribution in [3.05, 3.63) is 42.2 Å². The van der Waals surface area contributed by atoms with Crippen molar-refractivity contribution in [2.24, 2.45) is 5.41 Å². The van der Waals surface area contributed by atoms with Gasteiger partial charge in [0.2, 0.25) is 0 Å². The monoisotopic (exact) mass is 330 g/mol. The van der Waals surface area contributed by atoms with E-state index in [1.807, 2.05) is 36.5 Å². The standard InChI is InChI=1S/C18H26N4O2/c1-2-8-18(14-23)9-10-21(13-17(18)24)11-15-12-22(20-19-15)16-6-4-3-5-7-16/h3-7,12,17,23-24H,2,8-11,13-14H2,1H3/t17-,18+/m0/s1. The van der Waals surface area contributed by atoms with Crippen molar-refractivity contribution in [2.75, 3.05) is 19.7 Å². The van der Waals surface area contributed by atoms with Crippen LogP contribution in [-0.2, 0) is 6.54 Å². The molecule has 6 nitrogen and oxygen atoms in total. The minimum atomic E-state index is -0.500. The van der Waals surface area contributed by atoms with Crippen LogP contribution in [0.5, 0.6) is 0 Å². The van der Waals surface area contributed by atoms with Crippen molar-refractivity contribution in [2.45, 2.75) is 38.8 Å². The van der Waals surface area contributed by atoms with Crippen LogP contribution in [-0.4, -0.2) is 55.9 Å². The van der Waals surface area contributed by atoms with Crippen molar-refractivity contribution in [3.63, 3.8) is 0 Å². The summed E-state index contributed by atoms with van der Waals surface area (Å²) >= 11 is 0. The van der Waals surface area contributed by atoms with Crippen molar-refractivity contribution >= 4 is 0 Å². The van der Waals surface area contributed by atoms with Gasteiger partial charge in [0.25, 0.3) is 0 Å². The molecule has 0 radical (unpaired) electrons. The molecule has 6 heteroatoms. The van der Waals surface area contributed by atoms with Gasteiger partial charge in [0, 0.05) is 18.5 Å². The predicted octanol–water partition coefficient (Wildman–Crippen LogP) is 1.61. The largest absolute Gasteiger partial charge is 0.396 e. The highest BCUT2D eigenvalue weighted by atomic mass is 16.3. The molecule has 130 valence electrons. The van der Waals surface area contributed by atoms with E-state index in [2.05, 4.69) is 22.1 Å². The molecule has 1 aliphatic rings. The lowest BCUT2D eigenvalue weighted by Crippen LogP contribution is -2.52. The number of hydrogen-bond acceptors (Lipinski definition) is 5. The summed E-state index contributed by atoms with van der Waals surface area (Å²) in [6.07, 6.45) is 4.08. The third kappa shape index (κ3) is 3.50. The minimum Gasteiger partial charge on any atom is -0.396 e. The molecular formula is C18H26N4O2. The Bertz CT molecular complexity index is 645. The van der Waals surface area contributed by atoms with E-state index >= 15 is 0 Å². The zero-order valence-corrected chi connectivity index (χ0v) is 14.2. The summed E-state index contributed by atoms with van der Waals surface area (Å²) in [6.45, 7) is 4.24. The van der Waals surface area contributed by atoms with Crippen LogP contribution in [0.15, 0.2) is 36.5 Å². The average molecular weight is 330 g/mol. The number of piperidine rings is 1. The molecular weight excluding hydrogens is 304 g/mol. The Labute approximate surface area is 142 Å². The van der Waals surface area contributed by atoms with Gasteiger partial charge in [-0.3, -0.25) is 4.90 Å². The number of β-amino-alcohol motifs (C(OH)–C–C–N with tert-alkyl or cyclic N) is 1. The molecule has 1 fully saturated rings. The first-order chi connectivity index (χ1) is 11.7. The number of nitrogens with zero attached hydrogens (tertiary/aromatic N) is 4. The van der Waals surface area contributed by atoms with Crippen molar-refractivity contribution in [3.8, 4) is 5.69 Å². The number of likely N-dealkylation sites (tertiary alicyclic amines) is 1. The highest BCUT2D eigenvalue weighted by Gasteiger charge is 2.41. The minimum absolute atomic E-state index is 0.0556. The first-order valence-corrected chi connectivity index (χ1v) is 8.65. The van der Waals surface area contributed by atoms with Gasteiger partial charge in [-0.05, 0) is 31.5 Å². The number of aromatic nitrogens is 3. The SMILES string of the molecule is CCC[C@]1(CO)CCN(Cc2cn(-c3ccccc3)nn2)C[C@@H]1O. The fraction of sp³-hybridized carbons (Fsp3) is 0.556. The molecule has 0 saturated carbocycles. The summed E-state index contributed by atoms with van der Waals surface area (Å²) in [5.41, 5.74) is 1.53. The summed E-state index contributed by atoms with van der Waals surface area (Å²) in [5, 5.41) is 28.7. The fourth-order valence-corrected chi connectivity index (χ4v) is 3.58. The Morgan fingerprint density at radius 3 is 2.75 bits per heavy atom. The van der Waals surface area contributed by atoms with Gasteiger partial charge in [0.15, 0.2) is 0 Å². The molecule has 2 aromatic rings. The molecule has 0 unspecified atom stereocenters. The quantitative estimate of drug-likeness (QED) is 0.842. The molecule has 0 spiro atoms. The van der Waals surface area contributed by atoms with Crippen LogP contribution in [0.25, 0.3) is 5.69 Å². The highest BCUT2D eigenvalue weighted by molar-refractivity contribution is 5.29. The molecule has 1 aliphatic heterocycles. The maximum atomic E-state index is 10.5. The molecule has 0 aliphatic carbocycles. The van der Waals surface area contributed by atoms with Gasteiger partial charge in [0.1, 0.15) is 0 Å². The first kappa shape index (κ1) is 17.1. The maximum Gasteiger partial charge on any atom is 0.0971 e. The predicted molar refractivity (Wildman–Crippen MR) is 91.7 cm³/mol. The molecule has 2 heterocycles. The fourth-order valence-electron chi connectivity index (χ4n) is 3.58. The van der Waals surface area contributed by atoms with Crippen molar-refractivity contribution in [1.29, 1.82) is 0 Å². The highest BCUT2D eigenvalue weighted by Crippen LogP contribution is 2.36. The van der Waals surface area contributed by atoms with Gasteiger partial charge in [-0.1, -0.05) is 36.8 Å². The number of aliphatic hydroxyl groups excluding tert-OH is 2. The van der Waals surface area contributed by atoms with Gasteiger partial charge < -0.3 is 10.2 Å². The van der Waals surface area contributed by atoms with E-state index in [4.69, 9.17) is 0 Å². The maximum absolute atomic E-state index is 10.5. The van der Waals surface area contributed by atoms with Gasteiger partial charge in [-0.15, -0.1) is 5.10 Å². The van der Waals surface area contributed by atoms with E-state index < -0.39 is 6.10 Å². The van der Waals surface area contributed by atoms with Gasteiger partial charge in [0.05, 0.1) is 30.3 Å². The number of para-hydroxylation sites is 1. The molecule has 1 aromatic carbocycles. The average Bonchev–Trinajstić information content (AvgIpc) is 3.07. The lowest BCUT2D eigenvalue weighted by molar-refractivity contribution is -0.0804. The molecule has 1 saturated heterocycles. The summed E-state index contributed by atoms with van der Waals surface area (Å²) < 4.78 is 1.77. The van der Waals surface area contributed by atoms with Crippen LogP contribution in [0.2, 0.25) is 0 Å². The van der Waals surface area contributed by atoms with E-state index in [0.717, 1.165) is 37.2 Å². The summed E-state index contributed by atoms with van der Waals surface area (Å²) in [4.78, 5) is 2.19. The molecule has 3 rings (SSSR count). The van der Waals surface area contributed by atoms with Crippen LogP contribution in [0.3, 0.4) is 0 Å². The Morgan fingerprint density at radius 2 is 2.08 bits per heavy atom. The van der Waals surface area contributed by atoms with Crippen LogP contribution in [0.1, 0.15) is 31.9 Å². The van der Waals surface area contributed by atoms with Gasteiger partial charge in [-0.25, -0.2) is 4.68 Å². The lowest BCUT2D eigenvalue weighted by atomic mass is 9.73. The smallest absolute Gasteiger partial charge is 0.0971 e. The number of benzene rings is 1. The third-order valence-corrected chi connectivity index (χ3v) is 5.07. The Hall–Kier alpha value is -1.76. The van der Waals surface area contributed by atoms with E-state index in [1.165, 1.54) is 0 Å². The number of rotatable bonds is 6. The molecule has 0 bridgehead atoms. The van der Waals surface area contributed by atoms with Crippen molar-refractivity contribution in [1.82, 2.24) is 19.9 Å². The van der Waals surface area contributed by atoms with Crippen LogP contribution in [0, 0.1) is 5.41 Å². The van der Waals surface area contributed by atoms with Crippen LogP contribution >= 0.6 is 0 Å². The van der Waals surface area contributed by atoms with E-state index in [-0.39, 0.29) is 12.0 Å². The summed E-state index contributed by atoms with van der Waals surface area (Å²) in [7, 11) is 0. The lowest BCUT2D eigenvalue weighted by Gasteiger charge is -2.44. The van der Waals surface area contributed by atoms with Gasteiger partial charge >= 0.3 is 0 Å². The topological polar surface area (TPSA) is 74.4 Å². The molecule has 0 amide bonds. The molecule has 2 N–H and O–H groups in total. The number of aliphatic hydroxyl groups is 2. The second-order valence-electron chi connectivity index (χ2n) is 6.76. The first-order valence-electron chi connectivity index (χ1n) is 8.65. The van der Waals surface area contributed by atoms with Crippen molar-refractivity contribution < 1.29 is 10.2 Å². The molecule has 24 heavy (non-hydrogen) atoms. The zero-order chi connectivity index (χ0) is 17.0. The van der Waals surface area contributed by atoms with E-state index in [0.29, 0.717) is 13.1 Å². The Kier molecular flexibility index (Phi) is 5.28. The molecule has 1 aromatic heterocycles. The zero-order valence-electron chi connectivity index (χ0n) is 14.2. The van der Waals surface area contributed by atoms with E-state index in [1.54, 1.807) is 4.68 Å².